The smallest absolute Gasteiger partial charge is 0.418 e. The number of ether oxygens (including phenoxy) is 1. The van der Waals surface area contributed by atoms with E-state index in [1.54, 1.807) is 0 Å². The van der Waals surface area contributed by atoms with Gasteiger partial charge in [-0.25, -0.2) is 0 Å². The molecule has 0 fully saturated rings. The third kappa shape index (κ3) is 2.85. The fraction of sp³-hybridized carbons (Fsp3) is 0.333. The van der Waals surface area contributed by atoms with Crippen LogP contribution < -0.4 is 4.74 Å². The molecule has 0 unspecified atom stereocenters. The van der Waals surface area contributed by atoms with Crippen molar-refractivity contribution in [1.29, 1.82) is 0 Å². The summed E-state index contributed by atoms with van der Waals surface area (Å²) < 4.78 is 41.6. The summed E-state index contributed by atoms with van der Waals surface area (Å²) in [5.41, 5.74) is -0.233. The van der Waals surface area contributed by atoms with E-state index in [1.807, 2.05) is 0 Å². The number of alkyl halides is 3. The van der Waals surface area contributed by atoms with Crippen LogP contribution in [0.25, 0.3) is 0 Å². The summed E-state index contributed by atoms with van der Waals surface area (Å²) in [6.45, 7) is 0. The number of aliphatic hydroxyl groups is 1. The van der Waals surface area contributed by atoms with Crippen molar-refractivity contribution in [3.63, 3.8) is 0 Å². The Morgan fingerprint density at radius 3 is 2.40 bits per heavy atom. The molecule has 0 amide bonds. The zero-order valence-corrected chi connectivity index (χ0v) is 9.26. The van der Waals surface area contributed by atoms with Crippen LogP contribution in [0.1, 0.15) is 11.7 Å². The molecule has 0 spiro atoms. The van der Waals surface area contributed by atoms with Crippen molar-refractivity contribution >= 4 is 15.9 Å². The van der Waals surface area contributed by atoms with Gasteiger partial charge >= 0.3 is 6.18 Å². The van der Waals surface area contributed by atoms with Gasteiger partial charge in [0.15, 0.2) is 6.10 Å². The highest BCUT2D eigenvalue weighted by Crippen LogP contribution is 2.37. The first kappa shape index (κ1) is 12.3. The Bertz CT molecular complexity index is 352. The number of rotatable bonds is 2. The molecule has 0 heterocycles. The molecular weight excluding hydrogens is 277 g/mol. The topological polar surface area (TPSA) is 29.5 Å². The predicted octanol–water partition coefficient (Wildman–Crippen LogP) is 3.05. The maximum atomic E-state index is 12.2. The molecule has 2 nitrogen and oxygen atoms in total. The number of aliphatic hydroxyl groups excluding tert-OH is 1. The van der Waals surface area contributed by atoms with Gasteiger partial charge in [-0.1, -0.05) is 22.0 Å². The summed E-state index contributed by atoms with van der Waals surface area (Å²) in [5, 5.41) is 9.01. The molecule has 0 aliphatic rings. The summed E-state index contributed by atoms with van der Waals surface area (Å²) in [6.07, 6.45) is -7.16. The maximum absolute atomic E-state index is 12.2. The van der Waals surface area contributed by atoms with Gasteiger partial charge in [-0.2, -0.15) is 13.2 Å². The second-order valence-corrected chi connectivity index (χ2v) is 3.69. The number of benzene rings is 1. The molecule has 1 atom stereocenters. The molecule has 1 N–H and O–H groups in total. The lowest BCUT2D eigenvalue weighted by molar-refractivity contribution is -0.207. The zero-order valence-electron chi connectivity index (χ0n) is 7.68. The maximum Gasteiger partial charge on any atom is 0.418 e. The number of methoxy groups -OCH3 is 1. The summed E-state index contributed by atoms with van der Waals surface area (Å²) >= 11 is 2.94. The molecule has 0 aromatic heterocycles. The van der Waals surface area contributed by atoms with Crippen molar-refractivity contribution < 1.29 is 23.0 Å². The fourth-order valence-electron chi connectivity index (χ4n) is 1.03. The SMILES string of the molecule is COc1ccc([C@H](O)C(F)(F)F)c(Br)c1. The highest BCUT2D eigenvalue weighted by atomic mass is 79.9. The monoisotopic (exact) mass is 284 g/mol. The minimum atomic E-state index is -4.67. The Morgan fingerprint density at radius 1 is 1.40 bits per heavy atom. The summed E-state index contributed by atoms with van der Waals surface area (Å²) in [7, 11) is 1.40. The Balaban J connectivity index is 3.06. The fourth-order valence-corrected chi connectivity index (χ4v) is 1.61. The molecule has 0 bridgehead atoms. The molecule has 0 radical (unpaired) electrons. The molecular formula is C9H8BrF3O2. The molecule has 0 aliphatic heterocycles. The average Bonchev–Trinajstić information content (AvgIpc) is 2.15. The van der Waals surface area contributed by atoms with Gasteiger partial charge in [-0.15, -0.1) is 0 Å². The lowest BCUT2D eigenvalue weighted by Crippen LogP contribution is -2.20. The first-order valence-electron chi connectivity index (χ1n) is 3.94. The van der Waals surface area contributed by atoms with Gasteiger partial charge in [0.25, 0.3) is 0 Å². The van der Waals surface area contributed by atoms with Gasteiger partial charge in [0.05, 0.1) is 7.11 Å². The Hall–Kier alpha value is -0.750. The summed E-state index contributed by atoms with van der Waals surface area (Å²) in [6, 6.07) is 3.89. The minimum Gasteiger partial charge on any atom is -0.497 e. The van der Waals surface area contributed by atoms with Gasteiger partial charge in [0, 0.05) is 10.0 Å². The molecule has 6 heteroatoms. The second-order valence-electron chi connectivity index (χ2n) is 2.83. The van der Waals surface area contributed by atoms with E-state index < -0.39 is 12.3 Å². The average molecular weight is 285 g/mol. The van der Waals surface area contributed by atoms with Crippen LogP contribution in [-0.2, 0) is 0 Å². The quantitative estimate of drug-likeness (QED) is 0.905. The van der Waals surface area contributed by atoms with Gasteiger partial charge in [0.1, 0.15) is 5.75 Å². The van der Waals surface area contributed by atoms with Crippen molar-refractivity contribution in [3.8, 4) is 5.75 Å². The number of hydrogen-bond acceptors (Lipinski definition) is 2. The molecule has 1 aromatic rings. The van der Waals surface area contributed by atoms with E-state index in [0.29, 0.717) is 5.75 Å². The van der Waals surface area contributed by atoms with Gasteiger partial charge in [0.2, 0.25) is 0 Å². The standard InChI is InChI=1S/C9H8BrF3O2/c1-15-5-2-3-6(7(10)4-5)8(14)9(11,12)13/h2-4,8,14H,1H3/t8-/m0/s1. The van der Waals surface area contributed by atoms with Crippen LogP contribution in [0.15, 0.2) is 22.7 Å². The molecule has 0 aliphatic carbocycles. The second kappa shape index (κ2) is 4.40. The van der Waals surface area contributed by atoms with Crippen LogP contribution in [0.3, 0.4) is 0 Å². The largest absolute Gasteiger partial charge is 0.497 e. The van der Waals surface area contributed by atoms with Crippen LogP contribution in [0.2, 0.25) is 0 Å². The first-order valence-corrected chi connectivity index (χ1v) is 4.73. The van der Waals surface area contributed by atoms with Crippen LogP contribution >= 0.6 is 15.9 Å². The molecule has 84 valence electrons. The normalized spacial score (nSPS) is 13.7. The van der Waals surface area contributed by atoms with Crippen LogP contribution in [-0.4, -0.2) is 18.4 Å². The van der Waals surface area contributed by atoms with Crippen molar-refractivity contribution in [2.24, 2.45) is 0 Å². The van der Waals surface area contributed by atoms with Crippen LogP contribution in [0.5, 0.6) is 5.75 Å². The third-order valence-electron chi connectivity index (χ3n) is 1.81. The highest BCUT2D eigenvalue weighted by molar-refractivity contribution is 9.10. The van der Waals surface area contributed by atoms with Crippen molar-refractivity contribution in [2.75, 3.05) is 7.11 Å². The van der Waals surface area contributed by atoms with E-state index in [9.17, 15) is 13.2 Å². The van der Waals surface area contributed by atoms with E-state index in [0.717, 1.165) is 0 Å². The Morgan fingerprint density at radius 2 is 2.00 bits per heavy atom. The Labute approximate surface area is 92.8 Å². The van der Waals surface area contributed by atoms with E-state index in [-0.39, 0.29) is 10.0 Å². The third-order valence-corrected chi connectivity index (χ3v) is 2.50. The number of hydrogen-bond donors (Lipinski definition) is 1. The summed E-state index contributed by atoms with van der Waals surface area (Å²) in [4.78, 5) is 0. The van der Waals surface area contributed by atoms with Gasteiger partial charge in [-0.05, 0) is 12.1 Å². The minimum absolute atomic E-state index is 0.159. The molecule has 1 rings (SSSR count). The van der Waals surface area contributed by atoms with Crippen molar-refractivity contribution in [3.05, 3.63) is 28.2 Å². The predicted molar refractivity (Wildman–Crippen MR) is 51.7 cm³/mol. The molecule has 0 saturated carbocycles. The molecule has 15 heavy (non-hydrogen) atoms. The highest BCUT2D eigenvalue weighted by Gasteiger charge is 2.40. The summed E-state index contributed by atoms with van der Waals surface area (Å²) in [5.74, 6) is 0.417. The zero-order chi connectivity index (χ0) is 11.6. The van der Waals surface area contributed by atoms with Crippen LogP contribution in [0, 0.1) is 0 Å². The lowest BCUT2D eigenvalue weighted by Gasteiger charge is -2.16. The van der Waals surface area contributed by atoms with Crippen molar-refractivity contribution in [2.45, 2.75) is 12.3 Å². The Kier molecular flexibility index (Phi) is 3.62. The molecule has 0 saturated heterocycles. The van der Waals surface area contributed by atoms with E-state index >= 15 is 0 Å². The van der Waals surface area contributed by atoms with Crippen molar-refractivity contribution in [1.82, 2.24) is 0 Å². The van der Waals surface area contributed by atoms with Gasteiger partial charge < -0.3 is 9.84 Å². The molecule has 1 aromatic carbocycles. The number of halogens is 4. The van der Waals surface area contributed by atoms with E-state index in [4.69, 9.17) is 9.84 Å². The first-order chi connectivity index (χ1) is 6.86. The van der Waals surface area contributed by atoms with E-state index in [2.05, 4.69) is 15.9 Å². The van der Waals surface area contributed by atoms with Crippen LogP contribution in [0.4, 0.5) is 13.2 Å². The lowest BCUT2D eigenvalue weighted by atomic mass is 10.1. The van der Waals surface area contributed by atoms with Gasteiger partial charge in [-0.3, -0.25) is 0 Å². The van der Waals surface area contributed by atoms with E-state index in [1.165, 1.54) is 25.3 Å².